The van der Waals surface area contributed by atoms with E-state index < -0.39 is 5.97 Å². The zero-order valence-corrected chi connectivity index (χ0v) is 8.72. The monoisotopic (exact) mass is 219 g/mol. The normalized spacial score (nSPS) is 10.2. The quantitative estimate of drug-likeness (QED) is 0.725. The maximum atomic E-state index is 11.4. The Morgan fingerprint density at radius 1 is 1.25 bits per heavy atom. The molecule has 4 heteroatoms. The van der Waals surface area contributed by atoms with Gasteiger partial charge in [-0.2, -0.15) is 0 Å². The number of carbonyl (C=O) groups is 2. The molecule has 0 saturated heterocycles. The van der Waals surface area contributed by atoms with Crippen LogP contribution in [0.1, 0.15) is 5.56 Å². The molecule has 0 unspecified atom stereocenters. The molecule has 0 saturated carbocycles. The standard InChI is InChI=1S/C12H13NO3/c14-11(13-8-4-7-12(15)16)9-10-5-2-1-3-6-10/h1-7H,8-9H2,(H,13,14)(H,15,16)/b7-4+. The lowest BCUT2D eigenvalue weighted by molar-refractivity contribution is -0.131. The van der Waals surface area contributed by atoms with E-state index in [9.17, 15) is 9.59 Å². The highest BCUT2D eigenvalue weighted by atomic mass is 16.4. The van der Waals surface area contributed by atoms with Gasteiger partial charge in [-0.1, -0.05) is 36.4 Å². The summed E-state index contributed by atoms with van der Waals surface area (Å²) >= 11 is 0. The van der Waals surface area contributed by atoms with Crippen LogP contribution in [0.2, 0.25) is 0 Å². The largest absolute Gasteiger partial charge is 0.478 e. The van der Waals surface area contributed by atoms with Gasteiger partial charge in [-0.3, -0.25) is 4.79 Å². The Morgan fingerprint density at radius 3 is 2.56 bits per heavy atom. The second-order valence-corrected chi connectivity index (χ2v) is 3.21. The summed E-state index contributed by atoms with van der Waals surface area (Å²) in [4.78, 5) is 21.5. The van der Waals surface area contributed by atoms with Crippen LogP contribution < -0.4 is 5.32 Å². The van der Waals surface area contributed by atoms with Crippen molar-refractivity contribution in [1.82, 2.24) is 5.32 Å². The fourth-order valence-corrected chi connectivity index (χ4v) is 1.18. The molecule has 2 N–H and O–H groups in total. The number of rotatable bonds is 5. The van der Waals surface area contributed by atoms with Gasteiger partial charge in [0.1, 0.15) is 0 Å². The molecule has 0 aromatic heterocycles. The number of aliphatic carboxylic acids is 1. The molecule has 16 heavy (non-hydrogen) atoms. The van der Waals surface area contributed by atoms with Crippen molar-refractivity contribution in [3.05, 3.63) is 48.0 Å². The van der Waals surface area contributed by atoms with E-state index >= 15 is 0 Å². The summed E-state index contributed by atoms with van der Waals surface area (Å²) in [5.74, 6) is -1.14. The van der Waals surface area contributed by atoms with Gasteiger partial charge in [-0.15, -0.1) is 0 Å². The minimum absolute atomic E-state index is 0.124. The Kier molecular flexibility index (Phi) is 4.79. The van der Waals surface area contributed by atoms with Crippen LogP contribution in [0.15, 0.2) is 42.5 Å². The molecule has 1 amide bonds. The third-order valence-corrected chi connectivity index (χ3v) is 1.89. The van der Waals surface area contributed by atoms with E-state index in [1.54, 1.807) is 0 Å². The molecule has 0 aliphatic heterocycles. The van der Waals surface area contributed by atoms with E-state index in [0.717, 1.165) is 11.6 Å². The van der Waals surface area contributed by atoms with Crippen molar-refractivity contribution < 1.29 is 14.7 Å². The van der Waals surface area contributed by atoms with Crippen LogP contribution in [-0.4, -0.2) is 23.5 Å². The first kappa shape index (κ1) is 12.0. The van der Waals surface area contributed by atoms with E-state index in [1.807, 2.05) is 30.3 Å². The average Bonchev–Trinajstić information content (AvgIpc) is 2.25. The Hall–Kier alpha value is -2.10. The topological polar surface area (TPSA) is 66.4 Å². The summed E-state index contributed by atoms with van der Waals surface area (Å²) < 4.78 is 0. The van der Waals surface area contributed by atoms with Crippen LogP contribution in [0.5, 0.6) is 0 Å². The number of nitrogens with one attached hydrogen (secondary N) is 1. The summed E-state index contributed by atoms with van der Waals surface area (Å²) in [5, 5.41) is 10.9. The SMILES string of the molecule is O=C(O)/C=C/CNC(=O)Cc1ccccc1. The van der Waals surface area contributed by atoms with Gasteiger partial charge in [-0.25, -0.2) is 4.79 Å². The van der Waals surface area contributed by atoms with Crippen molar-refractivity contribution in [1.29, 1.82) is 0 Å². The zero-order valence-electron chi connectivity index (χ0n) is 8.72. The maximum absolute atomic E-state index is 11.4. The molecular weight excluding hydrogens is 206 g/mol. The number of carboxylic acid groups (broad SMARTS) is 1. The Morgan fingerprint density at radius 2 is 1.94 bits per heavy atom. The third-order valence-electron chi connectivity index (χ3n) is 1.89. The summed E-state index contributed by atoms with van der Waals surface area (Å²) in [7, 11) is 0. The lowest BCUT2D eigenvalue weighted by Gasteiger charge is -2.01. The molecule has 84 valence electrons. The lowest BCUT2D eigenvalue weighted by Crippen LogP contribution is -2.25. The van der Waals surface area contributed by atoms with Gasteiger partial charge in [0.2, 0.25) is 5.91 Å². The first-order chi connectivity index (χ1) is 7.68. The van der Waals surface area contributed by atoms with Crippen molar-refractivity contribution >= 4 is 11.9 Å². The minimum Gasteiger partial charge on any atom is -0.478 e. The highest BCUT2D eigenvalue weighted by Crippen LogP contribution is 1.98. The van der Waals surface area contributed by atoms with Crippen LogP contribution >= 0.6 is 0 Å². The molecule has 1 aromatic carbocycles. The van der Waals surface area contributed by atoms with Crippen LogP contribution in [0.25, 0.3) is 0 Å². The highest BCUT2D eigenvalue weighted by molar-refractivity contribution is 5.80. The second kappa shape index (κ2) is 6.40. The fraction of sp³-hybridized carbons (Fsp3) is 0.167. The third kappa shape index (κ3) is 4.95. The molecule has 0 bridgehead atoms. The molecular formula is C12H13NO3. The second-order valence-electron chi connectivity index (χ2n) is 3.21. The van der Waals surface area contributed by atoms with E-state index in [1.165, 1.54) is 6.08 Å². The molecule has 0 atom stereocenters. The first-order valence-electron chi connectivity index (χ1n) is 4.88. The minimum atomic E-state index is -1.02. The van der Waals surface area contributed by atoms with E-state index in [-0.39, 0.29) is 12.5 Å². The van der Waals surface area contributed by atoms with Crippen LogP contribution in [-0.2, 0) is 16.0 Å². The van der Waals surface area contributed by atoms with E-state index in [4.69, 9.17) is 5.11 Å². The van der Waals surface area contributed by atoms with Gasteiger partial charge in [0.25, 0.3) is 0 Å². The van der Waals surface area contributed by atoms with E-state index in [2.05, 4.69) is 5.32 Å². The van der Waals surface area contributed by atoms with Gasteiger partial charge < -0.3 is 10.4 Å². The van der Waals surface area contributed by atoms with Crippen molar-refractivity contribution in [3.63, 3.8) is 0 Å². The zero-order chi connectivity index (χ0) is 11.8. The van der Waals surface area contributed by atoms with Crippen molar-refractivity contribution in [3.8, 4) is 0 Å². The Bertz CT molecular complexity index is 385. The number of hydrogen-bond acceptors (Lipinski definition) is 2. The van der Waals surface area contributed by atoms with Gasteiger partial charge in [-0.05, 0) is 5.56 Å². The van der Waals surface area contributed by atoms with Crippen molar-refractivity contribution in [2.24, 2.45) is 0 Å². The molecule has 0 aliphatic carbocycles. The highest BCUT2D eigenvalue weighted by Gasteiger charge is 2.00. The predicted octanol–water partition coefficient (Wildman–Crippen LogP) is 0.986. The average molecular weight is 219 g/mol. The van der Waals surface area contributed by atoms with Crippen LogP contribution in [0.4, 0.5) is 0 Å². The molecule has 0 radical (unpaired) electrons. The van der Waals surface area contributed by atoms with E-state index in [0.29, 0.717) is 6.42 Å². The number of amides is 1. The molecule has 0 fully saturated rings. The summed E-state index contributed by atoms with van der Waals surface area (Å²) in [6.45, 7) is 0.234. The van der Waals surface area contributed by atoms with Gasteiger partial charge in [0, 0.05) is 12.6 Å². The molecule has 1 rings (SSSR count). The molecule has 4 nitrogen and oxygen atoms in total. The van der Waals surface area contributed by atoms with Crippen LogP contribution in [0.3, 0.4) is 0 Å². The summed E-state index contributed by atoms with van der Waals surface area (Å²) in [6, 6.07) is 9.36. The van der Waals surface area contributed by atoms with Gasteiger partial charge in [0.15, 0.2) is 0 Å². The summed E-state index contributed by atoms with van der Waals surface area (Å²) in [6.07, 6.45) is 2.70. The smallest absolute Gasteiger partial charge is 0.328 e. The molecule has 0 spiro atoms. The van der Waals surface area contributed by atoms with Crippen molar-refractivity contribution in [2.75, 3.05) is 6.54 Å². The van der Waals surface area contributed by atoms with Gasteiger partial charge in [0.05, 0.1) is 6.42 Å². The fourth-order valence-electron chi connectivity index (χ4n) is 1.18. The number of carbonyl (C=O) groups excluding carboxylic acids is 1. The van der Waals surface area contributed by atoms with Crippen molar-refractivity contribution in [2.45, 2.75) is 6.42 Å². The number of hydrogen-bond donors (Lipinski definition) is 2. The predicted molar refractivity (Wildman–Crippen MR) is 59.9 cm³/mol. The number of carboxylic acids is 1. The summed E-state index contributed by atoms with van der Waals surface area (Å²) in [5.41, 5.74) is 0.933. The van der Waals surface area contributed by atoms with Gasteiger partial charge >= 0.3 is 5.97 Å². The maximum Gasteiger partial charge on any atom is 0.328 e. The number of benzene rings is 1. The molecule has 0 aliphatic rings. The lowest BCUT2D eigenvalue weighted by atomic mass is 10.1. The van der Waals surface area contributed by atoms with Crippen LogP contribution in [0, 0.1) is 0 Å². The molecule has 0 heterocycles. The molecule has 1 aromatic rings. The Balaban J connectivity index is 2.29. The first-order valence-corrected chi connectivity index (χ1v) is 4.88. The Labute approximate surface area is 93.6 Å².